The summed E-state index contributed by atoms with van der Waals surface area (Å²) < 4.78 is 25.3. The van der Waals surface area contributed by atoms with Crippen molar-refractivity contribution in [2.45, 2.75) is 69.9 Å². The summed E-state index contributed by atoms with van der Waals surface area (Å²) in [7, 11) is -3.22. The molecule has 1 unspecified atom stereocenters. The van der Waals surface area contributed by atoms with Crippen LogP contribution < -0.4 is 10.0 Å². The molecule has 1 saturated heterocycles. The lowest BCUT2D eigenvalue weighted by Crippen LogP contribution is -2.53. The van der Waals surface area contributed by atoms with Crippen molar-refractivity contribution in [1.82, 2.24) is 14.9 Å². The first kappa shape index (κ1) is 17.5. The first-order valence-corrected chi connectivity index (χ1v) is 10.4. The third-order valence-corrected chi connectivity index (χ3v) is 5.28. The van der Waals surface area contributed by atoms with Crippen LogP contribution in [0.15, 0.2) is 0 Å². The lowest BCUT2D eigenvalue weighted by atomic mass is 9.97. The predicted octanol–water partition coefficient (Wildman–Crippen LogP) is 1.82. The van der Waals surface area contributed by atoms with E-state index < -0.39 is 10.0 Å². The number of sulfonamides is 1. The highest BCUT2D eigenvalue weighted by molar-refractivity contribution is 7.88. The fourth-order valence-corrected chi connectivity index (χ4v) is 4.22. The molecule has 0 radical (unpaired) electrons. The molecule has 1 aliphatic carbocycles. The van der Waals surface area contributed by atoms with Gasteiger partial charge in [0.15, 0.2) is 0 Å². The van der Waals surface area contributed by atoms with Crippen LogP contribution in [0.1, 0.15) is 57.8 Å². The second-order valence-corrected chi connectivity index (χ2v) is 8.45. The maximum atomic E-state index is 12.4. The summed E-state index contributed by atoms with van der Waals surface area (Å²) in [5.41, 5.74) is 0. The lowest BCUT2D eigenvalue weighted by molar-refractivity contribution is 0.171. The van der Waals surface area contributed by atoms with Gasteiger partial charge in [-0.3, -0.25) is 0 Å². The van der Waals surface area contributed by atoms with E-state index in [4.69, 9.17) is 0 Å². The number of hydrogen-bond donors (Lipinski definition) is 2. The summed E-state index contributed by atoms with van der Waals surface area (Å²) in [5.74, 6) is 0. The van der Waals surface area contributed by atoms with Crippen LogP contribution in [0.4, 0.5) is 4.79 Å². The Balaban J connectivity index is 1.83. The molecule has 0 aromatic heterocycles. The van der Waals surface area contributed by atoms with Gasteiger partial charge in [0.1, 0.15) is 0 Å². The van der Waals surface area contributed by atoms with E-state index in [1.807, 2.05) is 0 Å². The van der Waals surface area contributed by atoms with E-state index in [1.54, 1.807) is 4.90 Å². The Bertz CT molecular complexity index is 459. The van der Waals surface area contributed by atoms with Crippen LogP contribution in [0, 0.1) is 0 Å². The first-order chi connectivity index (χ1) is 10.4. The number of amides is 2. The Labute approximate surface area is 134 Å². The number of carbonyl (C=O) groups is 1. The lowest BCUT2D eigenvalue weighted by Gasteiger charge is -2.34. The number of likely N-dealkylation sites (tertiary alicyclic amines) is 1. The van der Waals surface area contributed by atoms with Gasteiger partial charge < -0.3 is 10.2 Å². The molecule has 2 amide bonds. The third-order valence-electron chi connectivity index (χ3n) is 4.52. The number of carbonyl (C=O) groups excluding carboxylic acids is 1. The second kappa shape index (κ2) is 8.15. The minimum absolute atomic E-state index is 0.0365. The quantitative estimate of drug-likeness (QED) is 0.828. The summed E-state index contributed by atoms with van der Waals surface area (Å²) in [6.45, 7) is 1.17. The highest BCUT2D eigenvalue weighted by atomic mass is 32.2. The highest BCUT2D eigenvalue weighted by Crippen LogP contribution is 2.18. The van der Waals surface area contributed by atoms with Crippen LogP contribution in [-0.4, -0.2) is 50.8 Å². The molecule has 2 fully saturated rings. The second-order valence-electron chi connectivity index (χ2n) is 6.67. The molecular formula is C15H29N3O3S. The van der Waals surface area contributed by atoms with Gasteiger partial charge in [-0.1, -0.05) is 32.1 Å². The third kappa shape index (κ3) is 6.12. The van der Waals surface area contributed by atoms with Gasteiger partial charge in [-0.25, -0.2) is 17.9 Å². The van der Waals surface area contributed by atoms with Crippen molar-refractivity contribution in [2.24, 2.45) is 0 Å². The van der Waals surface area contributed by atoms with Gasteiger partial charge in [0.2, 0.25) is 10.0 Å². The molecule has 0 bridgehead atoms. The molecule has 0 spiro atoms. The minimum Gasteiger partial charge on any atom is -0.335 e. The SMILES string of the molecule is CS(=O)(=O)NC1CCCN(C(=O)NC2CCCCCCC2)C1. The molecular weight excluding hydrogens is 302 g/mol. The Hall–Kier alpha value is -0.820. The van der Waals surface area contributed by atoms with Gasteiger partial charge in [0, 0.05) is 25.2 Å². The van der Waals surface area contributed by atoms with E-state index in [2.05, 4.69) is 10.0 Å². The molecule has 22 heavy (non-hydrogen) atoms. The molecule has 1 heterocycles. The zero-order valence-corrected chi connectivity index (χ0v) is 14.3. The summed E-state index contributed by atoms with van der Waals surface area (Å²) in [6.07, 6.45) is 11.1. The van der Waals surface area contributed by atoms with Gasteiger partial charge in [0.25, 0.3) is 0 Å². The van der Waals surface area contributed by atoms with E-state index in [0.29, 0.717) is 13.1 Å². The van der Waals surface area contributed by atoms with Gasteiger partial charge in [-0.2, -0.15) is 0 Å². The Morgan fingerprint density at radius 3 is 2.18 bits per heavy atom. The zero-order valence-electron chi connectivity index (χ0n) is 13.5. The molecule has 2 aliphatic rings. The van der Waals surface area contributed by atoms with Crippen LogP contribution in [0.25, 0.3) is 0 Å². The molecule has 2 N–H and O–H groups in total. The summed E-state index contributed by atoms with van der Waals surface area (Å²) in [6, 6.07) is 0.0773. The van der Waals surface area contributed by atoms with Crippen LogP contribution in [0.2, 0.25) is 0 Å². The van der Waals surface area contributed by atoms with Crippen molar-refractivity contribution in [3.8, 4) is 0 Å². The molecule has 128 valence electrons. The van der Waals surface area contributed by atoms with E-state index in [-0.39, 0.29) is 18.1 Å². The average molecular weight is 331 g/mol. The molecule has 1 atom stereocenters. The van der Waals surface area contributed by atoms with E-state index in [9.17, 15) is 13.2 Å². The molecule has 7 heteroatoms. The van der Waals surface area contributed by atoms with Crippen molar-refractivity contribution in [3.05, 3.63) is 0 Å². The number of piperidine rings is 1. The number of urea groups is 1. The van der Waals surface area contributed by atoms with Crippen molar-refractivity contribution < 1.29 is 13.2 Å². The Morgan fingerprint density at radius 1 is 0.955 bits per heavy atom. The Morgan fingerprint density at radius 2 is 1.55 bits per heavy atom. The van der Waals surface area contributed by atoms with Crippen molar-refractivity contribution in [3.63, 3.8) is 0 Å². The van der Waals surface area contributed by atoms with Crippen LogP contribution >= 0.6 is 0 Å². The largest absolute Gasteiger partial charge is 0.335 e. The van der Waals surface area contributed by atoms with Gasteiger partial charge in [-0.05, 0) is 25.7 Å². The molecule has 1 saturated carbocycles. The first-order valence-electron chi connectivity index (χ1n) is 8.47. The Kier molecular flexibility index (Phi) is 6.50. The van der Waals surface area contributed by atoms with Crippen molar-refractivity contribution >= 4 is 16.1 Å². The fourth-order valence-electron chi connectivity index (χ4n) is 3.43. The predicted molar refractivity (Wildman–Crippen MR) is 87.2 cm³/mol. The fraction of sp³-hybridized carbons (Fsp3) is 0.933. The average Bonchev–Trinajstić information content (AvgIpc) is 2.40. The monoisotopic (exact) mass is 331 g/mol. The van der Waals surface area contributed by atoms with E-state index in [1.165, 1.54) is 38.4 Å². The summed E-state index contributed by atoms with van der Waals surface area (Å²) in [4.78, 5) is 14.2. The summed E-state index contributed by atoms with van der Waals surface area (Å²) in [5, 5.41) is 3.15. The van der Waals surface area contributed by atoms with Gasteiger partial charge in [-0.15, -0.1) is 0 Å². The highest BCUT2D eigenvalue weighted by Gasteiger charge is 2.26. The number of nitrogens with one attached hydrogen (secondary N) is 2. The van der Waals surface area contributed by atoms with Crippen molar-refractivity contribution in [2.75, 3.05) is 19.3 Å². The van der Waals surface area contributed by atoms with Crippen LogP contribution in [0.3, 0.4) is 0 Å². The minimum atomic E-state index is -3.22. The number of rotatable bonds is 3. The molecule has 2 rings (SSSR count). The van der Waals surface area contributed by atoms with Crippen LogP contribution in [0.5, 0.6) is 0 Å². The maximum absolute atomic E-state index is 12.4. The normalized spacial score (nSPS) is 25.3. The number of hydrogen-bond acceptors (Lipinski definition) is 3. The smallest absolute Gasteiger partial charge is 0.317 e. The topological polar surface area (TPSA) is 78.5 Å². The van der Waals surface area contributed by atoms with Gasteiger partial charge in [0.05, 0.1) is 6.26 Å². The standard InChI is InChI=1S/C15H29N3O3S/c1-22(20,21)17-14-10-7-11-18(12-14)15(19)16-13-8-5-3-2-4-6-9-13/h13-14,17H,2-12H2,1H3,(H,16,19). The van der Waals surface area contributed by atoms with Crippen molar-refractivity contribution in [1.29, 1.82) is 0 Å². The van der Waals surface area contributed by atoms with Crippen LogP contribution in [-0.2, 0) is 10.0 Å². The van der Waals surface area contributed by atoms with E-state index in [0.717, 1.165) is 25.7 Å². The van der Waals surface area contributed by atoms with Gasteiger partial charge >= 0.3 is 6.03 Å². The van der Waals surface area contributed by atoms with E-state index >= 15 is 0 Å². The molecule has 1 aliphatic heterocycles. The number of nitrogens with zero attached hydrogens (tertiary/aromatic N) is 1. The summed E-state index contributed by atoms with van der Waals surface area (Å²) >= 11 is 0. The zero-order chi connectivity index (χ0) is 16.0. The molecule has 0 aromatic rings. The molecule has 6 nitrogen and oxygen atoms in total. The maximum Gasteiger partial charge on any atom is 0.317 e. The molecule has 0 aromatic carbocycles.